The molecule has 0 radical (unpaired) electrons. The standard InChI is InChI=1S/C10H10Br3NO/c1-7(8-5-3-2-4-6-8)14-9(15)10(11,12)13/h2-7H,1H3,(H,14,15). The summed E-state index contributed by atoms with van der Waals surface area (Å²) in [6, 6.07) is 9.77. The number of halogens is 3. The summed E-state index contributed by atoms with van der Waals surface area (Å²) in [5, 5.41) is 2.86. The maximum Gasteiger partial charge on any atom is 0.259 e. The van der Waals surface area contributed by atoms with Crippen LogP contribution < -0.4 is 5.32 Å². The topological polar surface area (TPSA) is 29.1 Å². The smallest absolute Gasteiger partial charge is 0.259 e. The number of benzene rings is 1. The zero-order chi connectivity index (χ0) is 11.5. The lowest BCUT2D eigenvalue weighted by Gasteiger charge is -2.18. The van der Waals surface area contributed by atoms with Gasteiger partial charge in [-0.1, -0.05) is 30.3 Å². The second kappa shape index (κ2) is 5.46. The second-order valence-corrected chi connectivity index (χ2v) is 9.86. The fourth-order valence-electron chi connectivity index (χ4n) is 1.10. The molecule has 82 valence electrons. The number of amides is 1. The van der Waals surface area contributed by atoms with Crippen molar-refractivity contribution in [2.45, 2.75) is 15.1 Å². The molecule has 0 saturated heterocycles. The Kier molecular flexibility index (Phi) is 4.80. The summed E-state index contributed by atoms with van der Waals surface area (Å²) in [5.74, 6) is -0.168. The molecule has 1 unspecified atom stereocenters. The first-order valence-electron chi connectivity index (χ1n) is 4.34. The monoisotopic (exact) mass is 397 g/mol. The molecule has 0 fully saturated rings. The van der Waals surface area contributed by atoms with Crippen LogP contribution in [-0.2, 0) is 4.79 Å². The van der Waals surface area contributed by atoms with Gasteiger partial charge in [0.15, 0.2) is 0 Å². The predicted octanol–water partition coefficient (Wildman–Crippen LogP) is 3.70. The number of carbonyl (C=O) groups is 1. The van der Waals surface area contributed by atoms with Crippen LogP contribution in [-0.4, -0.2) is 8.05 Å². The molecular formula is C10H10Br3NO. The highest BCUT2D eigenvalue weighted by Gasteiger charge is 2.29. The molecular weight excluding hydrogens is 390 g/mol. The first-order valence-corrected chi connectivity index (χ1v) is 6.72. The van der Waals surface area contributed by atoms with E-state index < -0.39 is 2.14 Å². The van der Waals surface area contributed by atoms with Crippen molar-refractivity contribution in [2.24, 2.45) is 0 Å². The summed E-state index contributed by atoms with van der Waals surface area (Å²) < 4.78 is -0.893. The van der Waals surface area contributed by atoms with E-state index >= 15 is 0 Å². The fraction of sp³-hybridized carbons (Fsp3) is 0.300. The maximum absolute atomic E-state index is 11.6. The van der Waals surface area contributed by atoms with Crippen LogP contribution in [0.5, 0.6) is 0 Å². The average Bonchev–Trinajstić information content (AvgIpc) is 2.17. The minimum absolute atomic E-state index is 0.0225. The molecule has 1 rings (SSSR count). The van der Waals surface area contributed by atoms with E-state index in [1.165, 1.54) is 0 Å². The second-order valence-electron chi connectivity index (χ2n) is 3.10. The SMILES string of the molecule is CC(NC(=O)C(Br)(Br)Br)c1ccccc1. The van der Waals surface area contributed by atoms with Crippen LogP contribution in [0.15, 0.2) is 30.3 Å². The van der Waals surface area contributed by atoms with E-state index in [2.05, 4.69) is 53.1 Å². The summed E-state index contributed by atoms with van der Waals surface area (Å²) in [7, 11) is 0. The van der Waals surface area contributed by atoms with E-state index in [1.54, 1.807) is 0 Å². The van der Waals surface area contributed by atoms with E-state index in [4.69, 9.17) is 0 Å². The average molecular weight is 400 g/mol. The van der Waals surface area contributed by atoms with Gasteiger partial charge in [-0.05, 0) is 60.3 Å². The van der Waals surface area contributed by atoms with Crippen LogP contribution in [0, 0.1) is 0 Å². The Labute approximate surface area is 114 Å². The zero-order valence-corrected chi connectivity index (χ0v) is 12.8. The van der Waals surface area contributed by atoms with Gasteiger partial charge in [0.05, 0.1) is 6.04 Å². The van der Waals surface area contributed by atoms with Gasteiger partial charge in [0, 0.05) is 0 Å². The van der Waals surface area contributed by atoms with Crippen molar-refractivity contribution in [3.63, 3.8) is 0 Å². The summed E-state index contributed by atoms with van der Waals surface area (Å²) >= 11 is 9.50. The molecule has 0 heterocycles. The summed E-state index contributed by atoms with van der Waals surface area (Å²) in [6.45, 7) is 1.94. The highest BCUT2D eigenvalue weighted by atomic mass is 80.0. The van der Waals surface area contributed by atoms with Crippen molar-refractivity contribution in [2.75, 3.05) is 0 Å². The first-order chi connectivity index (χ1) is 6.91. The molecule has 0 saturated carbocycles. The van der Waals surface area contributed by atoms with Crippen LogP contribution in [0.4, 0.5) is 0 Å². The van der Waals surface area contributed by atoms with Crippen LogP contribution >= 0.6 is 47.8 Å². The van der Waals surface area contributed by atoms with Crippen LogP contribution in [0.1, 0.15) is 18.5 Å². The van der Waals surface area contributed by atoms with E-state index in [-0.39, 0.29) is 11.9 Å². The number of carbonyl (C=O) groups excluding carboxylic acids is 1. The van der Waals surface area contributed by atoms with Gasteiger partial charge in [0.1, 0.15) is 0 Å². The van der Waals surface area contributed by atoms with Crippen LogP contribution in [0.2, 0.25) is 0 Å². The van der Waals surface area contributed by atoms with E-state index in [0.29, 0.717) is 0 Å². The Hall–Kier alpha value is 0.130. The Morgan fingerprint density at radius 1 is 1.27 bits per heavy atom. The lowest BCUT2D eigenvalue weighted by molar-refractivity contribution is -0.120. The molecule has 0 spiro atoms. The molecule has 2 nitrogen and oxygen atoms in total. The van der Waals surface area contributed by atoms with Crippen molar-refractivity contribution < 1.29 is 4.79 Å². The van der Waals surface area contributed by atoms with Gasteiger partial charge in [-0.15, -0.1) is 0 Å². The van der Waals surface area contributed by atoms with Crippen LogP contribution in [0.3, 0.4) is 0 Å². The normalized spacial score (nSPS) is 13.3. The van der Waals surface area contributed by atoms with Gasteiger partial charge >= 0.3 is 0 Å². The quantitative estimate of drug-likeness (QED) is 0.755. The Morgan fingerprint density at radius 3 is 2.27 bits per heavy atom. The minimum Gasteiger partial charge on any atom is -0.347 e. The zero-order valence-electron chi connectivity index (χ0n) is 8.01. The number of nitrogens with one attached hydrogen (secondary N) is 1. The van der Waals surface area contributed by atoms with Crippen molar-refractivity contribution in [1.82, 2.24) is 5.32 Å². The molecule has 1 aromatic carbocycles. The third-order valence-electron chi connectivity index (χ3n) is 1.90. The summed E-state index contributed by atoms with van der Waals surface area (Å²) in [4.78, 5) is 11.6. The Balaban J connectivity index is 2.65. The number of rotatable bonds is 2. The summed E-state index contributed by atoms with van der Waals surface area (Å²) in [6.07, 6.45) is 0. The number of hydrogen-bond donors (Lipinski definition) is 1. The van der Waals surface area contributed by atoms with Crippen LogP contribution in [0.25, 0.3) is 0 Å². The molecule has 0 bridgehead atoms. The highest BCUT2D eigenvalue weighted by Crippen LogP contribution is 2.34. The van der Waals surface area contributed by atoms with Gasteiger partial charge < -0.3 is 5.32 Å². The maximum atomic E-state index is 11.6. The van der Waals surface area contributed by atoms with Gasteiger partial charge in [-0.3, -0.25) is 4.79 Å². The van der Waals surface area contributed by atoms with Crippen molar-refractivity contribution in [1.29, 1.82) is 0 Å². The third-order valence-corrected chi connectivity index (χ3v) is 2.98. The summed E-state index contributed by atoms with van der Waals surface area (Å²) in [5.41, 5.74) is 1.07. The van der Waals surface area contributed by atoms with E-state index in [0.717, 1.165) is 5.56 Å². The largest absolute Gasteiger partial charge is 0.347 e. The molecule has 0 aliphatic carbocycles. The molecule has 1 aromatic rings. The minimum atomic E-state index is -0.893. The first kappa shape index (κ1) is 13.2. The molecule has 1 atom stereocenters. The van der Waals surface area contributed by atoms with Crippen molar-refractivity contribution in [3.05, 3.63) is 35.9 Å². The Morgan fingerprint density at radius 2 is 1.80 bits per heavy atom. The molecule has 0 aromatic heterocycles. The van der Waals surface area contributed by atoms with Gasteiger partial charge in [-0.2, -0.15) is 0 Å². The molecule has 5 heteroatoms. The lowest BCUT2D eigenvalue weighted by atomic mass is 10.1. The third kappa shape index (κ3) is 4.25. The number of hydrogen-bond acceptors (Lipinski definition) is 1. The van der Waals surface area contributed by atoms with Gasteiger partial charge in [-0.25, -0.2) is 0 Å². The molecule has 0 aliphatic heterocycles. The molecule has 1 amide bonds. The van der Waals surface area contributed by atoms with E-state index in [9.17, 15) is 4.79 Å². The van der Waals surface area contributed by atoms with E-state index in [1.807, 2.05) is 37.3 Å². The number of alkyl halides is 3. The van der Waals surface area contributed by atoms with Crippen molar-refractivity contribution >= 4 is 53.7 Å². The molecule has 1 N–H and O–H groups in total. The van der Waals surface area contributed by atoms with Gasteiger partial charge in [0.2, 0.25) is 2.14 Å². The Bertz CT molecular complexity index is 334. The predicted molar refractivity (Wildman–Crippen MR) is 72.5 cm³/mol. The highest BCUT2D eigenvalue weighted by molar-refractivity contribution is 9.40. The van der Waals surface area contributed by atoms with Gasteiger partial charge in [0.25, 0.3) is 5.91 Å². The van der Waals surface area contributed by atoms with Crippen molar-refractivity contribution in [3.8, 4) is 0 Å². The molecule has 0 aliphatic rings. The molecule has 15 heavy (non-hydrogen) atoms. The fourth-order valence-corrected chi connectivity index (χ4v) is 1.45. The lowest BCUT2D eigenvalue weighted by Crippen LogP contribution is -2.35.